The summed E-state index contributed by atoms with van der Waals surface area (Å²) >= 11 is 0. The first-order chi connectivity index (χ1) is 17.3. The number of sulfonamides is 1. The van der Waals surface area contributed by atoms with Crippen LogP contribution in [0.2, 0.25) is 0 Å². The van der Waals surface area contributed by atoms with Crippen molar-refractivity contribution in [2.75, 3.05) is 13.9 Å². The van der Waals surface area contributed by atoms with Crippen LogP contribution in [0.15, 0.2) is 71.6 Å². The van der Waals surface area contributed by atoms with Crippen LogP contribution in [-0.4, -0.2) is 34.3 Å². The van der Waals surface area contributed by atoms with Gasteiger partial charge in [-0.15, -0.1) is 0 Å². The third-order valence-electron chi connectivity index (χ3n) is 5.94. The summed E-state index contributed by atoms with van der Waals surface area (Å²) in [6.07, 6.45) is 0.180. The van der Waals surface area contributed by atoms with Crippen molar-refractivity contribution >= 4 is 15.9 Å². The molecule has 190 valence electrons. The number of ether oxygens (including phenoxy) is 3. The Morgan fingerprint density at radius 1 is 0.972 bits per heavy atom. The second-order valence-electron chi connectivity index (χ2n) is 8.83. The van der Waals surface area contributed by atoms with Crippen molar-refractivity contribution in [1.82, 2.24) is 10.0 Å². The van der Waals surface area contributed by atoms with Gasteiger partial charge in [0, 0.05) is 6.54 Å². The Morgan fingerprint density at radius 2 is 1.72 bits per heavy atom. The molecule has 3 aromatic rings. The molecule has 1 amide bonds. The van der Waals surface area contributed by atoms with Gasteiger partial charge in [-0.1, -0.05) is 56.3 Å². The highest BCUT2D eigenvalue weighted by atomic mass is 32.2. The number of hydrogen-bond donors (Lipinski definition) is 2. The molecule has 2 N–H and O–H groups in total. The van der Waals surface area contributed by atoms with Crippen LogP contribution in [0.25, 0.3) is 0 Å². The van der Waals surface area contributed by atoms with E-state index in [4.69, 9.17) is 14.2 Å². The summed E-state index contributed by atoms with van der Waals surface area (Å²) in [7, 11) is -2.67. The fourth-order valence-electron chi connectivity index (χ4n) is 3.91. The summed E-state index contributed by atoms with van der Waals surface area (Å²) in [4.78, 5) is 13.3. The van der Waals surface area contributed by atoms with Crippen molar-refractivity contribution in [2.45, 2.75) is 43.7 Å². The van der Waals surface area contributed by atoms with E-state index in [0.717, 1.165) is 16.7 Å². The first kappa shape index (κ1) is 25.5. The van der Waals surface area contributed by atoms with Gasteiger partial charge in [-0.25, -0.2) is 8.42 Å². The van der Waals surface area contributed by atoms with E-state index in [-0.39, 0.29) is 36.3 Å². The standard InChI is InChI=1S/C27H30N2O6S/c1-18(2)21-10-12-24(33-3)26(15-21)36(31,32)29-22(13-19-7-5-4-6-8-19)27(30)28-16-20-9-11-23-25(14-20)35-17-34-23/h4-12,14-15,18,22,29H,13,16-17H2,1-3H3,(H,28,30). The molecule has 1 atom stereocenters. The Kier molecular flexibility index (Phi) is 7.81. The lowest BCUT2D eigenvalue weighted by atomic mass is 10.0. The zero-order valence-corrected chi connectivity index (χ0v) is 21.3. The van der Waals surface area contributed by atoms with Crippen LogP contribution >= 0.6 is 0 Å². The Labute approximate surface area is 211 Å². The molecule has 1 unspecified atom stereocenters. The predicted molar refractivity (Wildman–Crippen MR) is 136 cm³/mol. The molecule has 0 aromatic heterocycles. The molecule has 36 heavy (non-hydrogen) atoms. The lowest BCUT2D eigenvalue weighted by molar-refractivity contribution is -0.122. The van der Waals surface area contributed by atoms with E-state index in [9.17, 15) is 13.2 Å². The van der Waals surface area contributed by atoms with Crippen molar-refractivity contribution in [3.8, 4) is 17.2 Å². The Hall–Kier alpha value is -3.56. The van der Waals surface area contributed by atoms with E-state index < -0.39 is 22.0 Å². The van der Waals surface area contributed by atoms with Gasteiger partial charge < -0.3 is 19.5 Å². The van der Waals surface area contributed by atoms with Crippen LogP contribution in [0, 0.1) is 0 Å². The molecular formula is C27H30N2O6S. The van der Waals surface area contributed by atoms with Crippen molar-refractivity contribution < 1.29 is 27.4 Å². The average molecular weight is 511 g/mol. The molecule has 8 nitrogen and oxygen atoms in total. The van der Waals surface area contributed by atoms with E-state index in [1.54, 1.807) is 24.3 Å². The van der Waals surface area contributed by atoms with E-state index >= 15 is 0 Å². The molecule has 0 aliphatic carbocycles. The van der Waals surface area contributed by atoms with Crippen LogP contribution in [0.5, 0.6) is 17.2 Å². The summed E-state index contributed by atoms with van der Waals surface area (Å²) in [6.45, 7) is 4.32. The SMILES string of the molecule is COc1ccc(C(C)C)cc1S(=O)(=O)NC(Cc1ccccc1)C(=O)NCc1ccc2c(c1)OCO2. The molecule has 4 rings (SSSR count). The third kappa shape index (κ3) is 5.98. The number of benzene rings is 3. The Morgan fingerprint density at radius 3 is 2.44 bits per heavy atom. The van der Waals surface area contributed by atoms with Crippen LogP contribution in [0.4, 0.5) is 0 Å². The molecule has 3 aromatic carbocycles. The zero-order chi connectivity index (χ0) is 25.7. The number of hydrogen-bond acceptors (Lipinski definition) is 6. The number of fused-ring (bicyclic) bond motifs is 1. The largest absolute Gasteiger partial charge is 0.495 e. The normalized spacial score (nSPS) is 13.4. The fraction of sp³-hybridized carbons (Fsp3) is 0.296. The summed E-state index contributed by atoms with van der Waals surface area (Å²) in [5.74, 6) is 1.15. The molecule has 0 spiro atoms. The molecule has 0 bridgehead atoms. The lowest BCUT2D eigenvalue weighted by Crippen LogP contribution is -2.47. The van der Waals surface area contributed by atoms with Gasteiger partial charge in [0.2, 0.25) is 22.7 Å². The Balaban J connectivity index is 1.57. The molecule has 0 radical (unpaired) electrons. The van der Waals surface area contributed by atoms with Crippen LogP contribution in [0.1, 0.15) is 36.5 Å². The van der Waals surface area contributed by atoms with Gasteiger partial charge in [0.25, 0.3) is 0 Å². The van der Waals surface area contributed by atoms with Crippen LogP contribution in [0.3, 0.4) is 0 Å². The predicted octanol–water partition coefficient (Wildman–Crippen LogP) is 3.75. The highest BCUT2D eigenvalue weighted by Gasteiger charge is 2.29. The minimum atomic E-state index is -4.09. The van der Waals surface area contributed by atoms with E-state index in [0.29, 0.717) is 11.5 Å². The minimum Gasteiger partial charge on any atom is -0.495 e. The molecule has 0 fully saturated rings. The van der Waals surface area contributed by atoms with E-state index in [2.05, 4.69) is 10.0 Å². The van der Waals surface area contributed by atoms with Gasteiger partial charge in [0.05, 0.1) is 7.11 Å². The Bertz CT molecular complexity index is 1330. The van der Waals surface area contributed by atoms with E-state index in [1.807, 2.05) is 56.3 Å². The first-order valence-electron chi connectivity index (χ1n) is 11.7. The van der Waals surface area contributed by atoms with Crippen LogP contribution in [-0.2, 0) is 27.8 Å². The second-order valence-corrected chi connectivity index (χ2v) is 10.5. The highest BCUT2D eigenvalue weighted by Crippen LogP contribution is 2.32. The smallest absolute Gasteiger partial charge is 0.245 e. The molecule has 0 saturated heterocycles. The molecular weight excluding hydrogens is 480 g/mol. The number of methoxy groups -OCH3 is 1. The van der Waals surface area contributed by atoms with Crippen molar-refractivity contribution in [3.05, 3.63) is 83.4 Å². The topological polar surface area (TPSA) is 103 Å². The van der Waals surface area contributed by atoms with Gasteiger partial charge in [0.1, 0.15) is 16.7 Å². The number of rotatable bonds is 10. The van der Waals surface area contributed by atoms with Crippen molar-refractivity contribution in [2.24, 2.45) is 0 Å². The maximum absolute atomic E-state index is 13.5. The average Bonchev–Trinajstić information content (AvgIpc) is 3.35. The number of carbonyl (C=O) groups excluding carboxylic acids is 1. The van der Waals surface area contributed by atoms with Crippen molar-refractivity contribution in [3.63, 3.8) is 0 Å². The molecule has 1 aliphatic heterocycles. The van der Waals surface area contributed by atoms with Gasteiger partial charge in [-0.05, 0) is 53.3 Å². The summed E-state index contributed by atoms with van der Waals surface area (Å²) in [5.41, 5.74) is 2.48. The highest BCUT2D eigenvalue weighted by molar-refractivity contribution is 7.89. The number of carbonyl (C=O) groups is 1. The fourth-order valence-corrected chi connectivity index (χ4v) is 5.31. The van der Waals surface area contributed by atoms with Crippen LogP contribution < -0.4 is 24.2 Å². The lowest BCUT2D eigenvalue weighted by Gasteiger charge is -2.20. The molecule has 0 saturated carbocycles. The second kappa shape index (κ2) is 11.0. The molecule has 9 heteroatoms. The van der Waals surface area contributed by atoms with Gasteiger partial charge >= 0.3 is 0 Å². The summed E-state index contributed by atoms with van der Waals surface area (Å²) in [6, 6.07) is 18.7. The maximum Gasteiger partial charge on any atom is 0.245 e. The van der Waals surface area contributed by atoms with Gasteiger partial charge in [-0.2, -0.15) is 4.72 Å². The monoisotopic (exact) mass is 510 g/mol. The number of amides is 1. The van der Waals surface area contributed by atoms with Crippen molar-refractivity contribution in [1.29, 1.82) is 0 Å². The van der Waals surface area contributed by atoms with Gasteiger partial charge in [0.15, 0.2) is 11.5 Å². The minimum absolute atomic E-state index is 0.00201. The number of nitrogens with one attached hydrogen (secondary N) is 2. The quantitative estimate of drug-likeness (QED) is 0.431. The van der Waals surface area contributed by atoms with E-state index in [1.165, 1.54) is 7.11 Å². The molecule has 1 aliphatic rings. The maximum atomic E-state index is 13.5. The third-order valence-corrected chi connectivity index (χ3v) is 7.44. The summed E-state index contributed by atoms with van der Waals surface area (Å²) < 4.78 is 45.6. The van der Waals surface area contributed by atoms with Gasteiger partial charge in [-0.3, -0.25) is 4.79 Å². The molecule has 1 heterocycles. The first-order valence-corrected chi connectivity index (χ1v) is 13.2. The zero-order valence-electron chi connectivity index (χ0n) is 20.5. The summed E-state index contributed by atoms with van der Waals surface area (Å²) in [5, 5.41) is 2.85.